The average Bonchev–Trinajstić information content (AvgIpc) is 3.86. The van der Waals surface area contributed by atoms with Crippen LogP contribution in [-0.2, 0) is 0 Å². The molecule has 9 rings (SSSR count). The molecule has 0 spiro atoms. The minimum absolute atomic E-state index is 0. The van der Waals surface area contributed by atoms with Crippen molar-refractivity contribution in [2.75, 3.05) is 0 Å². The van der Waals surface area contributed by atoms with Crippen molar-refractivity contribution in [3.63, 3.8) is 0 Å². The molecule has 9 fully saturated rings. The monoisotopic (exact) mass is 759 g/mol. The summed E-state index contributed by atoms with van der Waals surface area (Å²) in [5.74, 6) is -0.811. The third kappa shape index (κ3) is 6.27. The molecule has 0 amide bonds. The van der Waals surface area contributed by atoms with Gasteiger partial charge in [0, 0.05) is 19.7 Å². The van der Waals surface area contributed by atoms with Gasteiger partial charge in [-0.25, -0.2) is 0 Å². The summed E-state index contributed by atoms with van der Waals surface area (Å²) in [6.45, 7) is 0. The van der Waals surface area contributed by atoms with Crippen molar-refractivity contribution in [3.8, 4) is 0 Å². The van der Waals surface area contributed by atoms with Crippen molar-refractivity contribution < 1.29 is 19.7 Å². The van der Waals surface area contributed by atoms with E-state index in [1.54, 1.807) is 0 Å². The van der Waals surface area contributed by atoms with Crippen LogP contribution in [0, 0.1) is 87.8 Å². The fourth-order valence-electron chi connectivity index (χ4n) is 13.1. The van der Waals surface area contributed by atoms with E-state index in [9.17, 15) is 40.5 Å². The van der Waals surface area contributed by atoms with E-state index >= 15 is 0 Å². The first-order valence-electron chi connectivity index (χ1n) is 19.7. The van der Waals surface area contributed by atoms with Gasteiger partial charge in [0.2, 0.25) is 0 Å². The molecule has 288 valence electrons. The van der Waals surface area contributed by atoms with Crippen LogP contribution in [0.15, 0.2) is 0 Å². The molecule has 9 aliphatic rings. The maximum absolute atomic E-state index is 12.9. The van der Waals surface area contributed by atoms with E-state index in [1.165, 1.54) is 12.8 Å². The van der Waals surface area contributed by atoms with E-state index in [-0.39, 0.29) is 78.0 Å². The fourth-order valence-corrected chi connectivity index (χ4v) is 13.1. The van der Waals surface area contributed by atoms with Gasteiger partial charge in [0.05, 0.1) is 61.2 Å². The number of hydrogen-bond acceptors (Lipinski definition) is 16. The zero-order chi connectivity index (χ0) is 36.0. The summed E-state index contributed by atoms with van der Waals surface area (Å²) in [7, 11) is 0. The van der Waals surface area contributed by atoms with Crippen LogP contribution in [0.1, 0.15) is 77.0 Å². The van der Waals surface area contributed by atoms with Gasteiger partial charge in [-0.3, -0.25) is 83.0 Å². The number of nitrogens with one attached hydrogen (secondary N) is 8. The quantitative estimate of drug-likeness (QED) is 0.0995. The van der Waals surface area contributed by atoms with E-state index in [2.05, 4.69) is 42.5 Å². The Kier molecular flexibility index (Phi) is 10.5. The fraction of sp³-hybridized carbons (Fsp3) is 1.00. The predicted molar refractivity (Wildman–Crippen MR) is 188 cm³/mol. The van der Waals surface area contributed by atoms with Gasteiger partial charge >= 0.3 is 29.4 Å². The van der Waals surface area contributed by atoms with Crippen molar-refractivity contribution >= 4 is 17.4 Å². The molecule has 0 aromatic rings. The van der Waals surface area contributed by atoms with E-state index in [4.69, 9.17) is 0 Å². The molecule has 20 nitrogen and oxygen atoms in total. The van der Waals surface area contributed by atoms with Crippen molar-refractivity contribution in [1.82, 2.24) is 42.5 Å². The van der Waals surface area contributed by atoms with E-state index in [0.717, 1.165) is 64.2 Å². The normalized spacial score (nSPS) is 51.5. The third-order valence-electron chi connectivity index (χ3n) is 15.1. The first kappa shape index (κ1) is 37.7. The Morgan fingerprint density at radius 2 is 0.509 bits per heavy atom. The second-order valence-corrected chi connectivity index (χ2v) is 17.2. The maximum Gasteiger partial charge on any atom is 3.00 e. The molecule has 5 saturated heterocycles. The SMILES string of the molecule is O=[N+]([O-])C1C2C3NC4NC(NC5NC(NC6NC(NC(N3)C2C([N+](=O)[O-])C([N+](=O)[O-])C1[N+](=O)[O-])C1CCCCC61)C1CCCCC51)C1CCCCC41.[Al+3]. The zero-order valence-electron chi connectivity index (χ0n) is 29.7. The van der Waals surface area contributed by atoms with Crippen molar-refractivity contribution in [2.24, 2.45) is 47.3 Å². The summed E-state index contributed by atoms with van der Waals surface area (Å²) in [6.07, 6.45) is 10.1. The Bertz CT molecular complexity index is 1350. The van der Waals surface area contributed by atoms with Crippen LogP contribution in [-0.4, -0.2) is 111 Å². The van der Waals surface area contributed by atoms with E-state index in [0.29, 0.717) is 11.8 Å². The van der Waals surface area contributed by atoms with Crippen molar-refractivity contribution in [1.29, 1.82) is 0 Å². The van der Waals surface area contributed by atoms with Gasteiger partial charge in [0.1, 0.15) is 0 Å². The number of rotatable bonds is 4. The third-order valence-corrected chi connectivity index (χ3v) is 15.1. The van der Waals surface area contributed by atoms with Gasteiger partial charge < -0.3 is 0 Å². The first-order valence-corrected chi connectivity index (χ1v) is 19.7. The number of hydrogen-bond donors (Lipinski definition) is 8. The van der Waals surface area contributed by atoms with E-state index in [1.807, 2.05) is 0 Å². The van der Waals surface area contributed by atoms with Gasteiger partial charge in [-0.15, -0.1) is 0 Å². The summed E-state index contributed by atoms with van der Waals surface area (Å²) in [5, 5.41) is 81.0. The molecule has 20 unspecified atom stereocenters. The van der Waals surface area contributed by atoms with Gasteiger partial charge in [-0.1, -0.05) is 38.5 Å². The van der Waals surface area contributed by atoms with Crippen LogP contribution in [0.2, 0.25) is 0 Å². The molecule has 0 aromatic carbocycles. The molecular weight excluding hydrogens is 707 g/mol. The molecule has 5 aliphatic heterocycles. The number of fused-ring (bicyclic) bond motifs is 20. The summed E-state index contributed by atoms with van der Waals surface area (Å²) in [5.41, 5.74) is 0. The van der Waals surface area contributed by atoms with Gasteiger partial charge in [0.15, 0.2) is 0 Å². The molecule has 0 radical (unpaired) electrons. The average molecular weight is 760 g/mol. The smallest absolute Gasteiger partial charge is 0.286 e. The molecule has 0 aromatic heterocycles. The summed E-state index contributed by atoms with van der Waals surface area (Å²) < 4.78 is 0. The van der Waals surface area contributed by atoms with Gasteiger partial charge in [-0.2, -0.15) is 0 Å². The first-order chi connectivity index (χ1) is 25.1. The Morgan fingerprint density at radius 3 is 0.717 bits per heavy atom. The summed E-state index contributed by atoms with van der Waals surface area (Å²) in [4.78, 5) is 47.2. The molecule has 4 aliphatic carbocycles. The van der Waals surface area contributed by atoms with Gasteiger partial charge in [0.25, 0.3) is 12.1 Å². The molecule has 21 heteroatoms. The molecule has 20 atom stereocenters. The van der Waals surface area contributed by atoms with Gasteiger partial charge in [-0.05, 0) is 74.0 Å². The minimum atomic E-state index is -2.38. The van der Waals surface area contributed by atoms with Crippen LogP contribution in [0.25, 0.3) is 0 Å². The Hall–Kier alpha value is -2.19. The summed E-state index contributed by atoms with van der Waals surface area (Å²) in [6, 6.07) is -8.81. The largest absolute Gasteiger partial charge is 3.00 e. The molecule has 5 heterocycles. The van der Waals surface area contributed by atoms with Crippen molar-refractivity contribution in [3.05, 3.63) is 40.5 Å². The molecule has 53 heavy (non-hydrogen) atoms. The van der Waals surface area contributed by atoms with Crippen LogP contribution in [0.5, 0.6) is 0 Å². The molecule has 4 saturated carbocycles. The van der Waals surface area contributed by atoms with Crippen LogP contribution in [0.4, 0.5) is 0 Å². The maximum atomic E-state index is 12.9. The Balaban J connectivity index is 0.00000400. The minimum Gasteiger partial charge on any atom is -0.286 e. The second-order valence-electron chi connectivity index (χ2n) is 17.2. The molecular formula is C32H52AlN12O8+3. The van der Waals surface area contributed by atoms with Crippen molar-refractivity contribution in [2.45, 2.75) is 151 Å². The zero-order valence-corrected chi connectivity index (χ0v) is 30.8. The van der Waals surface area contributed by atoms with Crippen LogP contribution >= 0.6 is 0 Å². The number of nitrogens with zero attached hydrogens (tertiary/aromatic N) is 4. The van der Waals surface area contributed by atoms with Crippen LogP contribution < -0.4 is 42.5 Å². The Morgan fingerprint density at radius 1 is 0.321 bits per heavy atom. The predicted octanol–water partition coefficient (Wildman–Crippen LogP) is -0.754. The van der Waals surface area contributed by atoms with Crippen LogP contribution in [0.3, 0.4) is 0 Å². The number of nitro groups is 4. The molecule has 8 N–H and O–H groups in total. The summed E-state index contributed by atoms with van der Waals surface area (Å²) >= 11 is 0. The second kappa shape index (κ2) is 14.7. The van der Waals surface area contributed by atoms with E-state index < -0.39 is 68.0 Å². The standard InChI is InChI=1S/C32H52N12O8.Al/c45-41(46)21-19-20(22(42(47)48)24(44(51)52)23(21)43(49)50)32-39-30-18-12-6-4-10-16(18)28(37-30)35-26-14-8-2-1-7-13(14)25(33-26)34-27-15-9-3-5-11-17(15)29(36-27)38-31(19)40-32;/h13-40H,1-12H2;/q;+3. The Labute approximate surface area is 317 Å². The topological polar surface area (TPSA) is 269 Å². The molecule has 8 bridgehead atoms.